The molecular weight excluding hydrogens is 268 g/mol. The monoisotopic (exact) mass is 288 g/mol. The van der Waals surface area contributed by atoms with E-state index in [-0.39, 0.29) is 5.78 Å². The minimum absolute atomic E-state index is 0.138. The van der Waals surface area contributed by atoms with Gasteiger partial charge in [-0.05, 0) is 20.8 Å². The molecule has 1 heterocycles. The zero-order valence-electron chi connectivity index (χ0n) is 12.6. The largest absolute Gasteiger partial charge is 0.333 e. The molecule has 112 valence electrons. The highest BCUT2D eigenvalue weighted by Gasteiger charge is 2.36. The number of amides is 2. The molecule has 0 radical (unpaired) electrons. The lowest BCUT2D eigenvalue weighted by Crippen LogP contribution is -2.58. The average Bonchev–Trinajstić information content (AvgIpc) is 2.49. The van der Waals surface area contributed by atoms with E-state index in [2.05, 4.69) is 0 Å². The number of likely N-dealkylation sites (N-methyl/N-ethyl adjacent to an activating group) is 1. The van der Waals surface area contributed by atoms with Crippen molar-refractivity contribution in [1.82, 2.24) is 9.80 Å². The third-order valence-corrected chi connectivity index (χ3v) is 3.91. The summed E-state index contributed by atoms with van der Waals surface area (Å²) in [5.41, 5.74) is 1.63. The molecule has 1 saturated heterocycles. The van der Waals surface area contributed by atoms with Crippen molar-refractivity contribution < 1.29 is 14.4 Å². The van der Waals surface area contributed by atoms with Crippen molar-refractivity contribution in [1.29, 1.82) is 0 Å². The molecule has 1 atom stereocenters. The number of Topliss-reactive ketones (excluding diaryl/α,β-unsaturated/α-hetero) is 1. The molecule has 0 spiro atoms. The van der Waals surface area contributed by atoms with Gasteiger partial charge >= 0.3 is 11.8 Å². The van der Waals surface area contributed by atoms with Crippen molar-refractivity contribution in [3.8, 4) is 0 Å². The first-order chi connectivity index (χ1) is 9.95. The van der Waals surface area contributed by atoms with Crippen LogP contribution in [0.5, 0.6) is 0 Å². The molecule has 1 fully saturated rings. The molecule has 0 N–H and O–H groups in total. The minimum Gasteiger partial charge on any atom is -0.333 e. The molecule has 0 saturated carbocycles. The SMILES string of the molecule is CCN1CCN(C(C)C(=O)c2ccc(C)cc2)C(=O)C1=O. The normalized spacial score (nSPS) is 17.1. The van der Waals surface area contributed by atoms with Gasteiger partial charge < -0.3 is 9.80 Å². The second-order valence-electron chi connectivity index (χ2n) is 5.29. The van der Waals surface area contributed by atoms with E-state index in [9.17, 15) is 14.4 Å². The summed E-state index contributed by atoms with van der Waals surface area (Å²) < 4.78 is 0. The minimum atomic E-state index is -0.622. The van der Waals surface area contributed by atoms with Crippen molar-refractivity contribution in [3.63, 3.8) is 0 Å². The summed E-state index contributed by atoms with van der Waals surface area (Å²) in [6.45, 7) is 6.85. The molecule has 1 aliphatic heterocycles. The van der Waals surface area contributed by atoms with Crippen molar-refractivity contribution >= 4 is 17.6 Å². The summed E-state index contributed by atoms with van der Waals surface area (Å²) in [5, 5.41) is 0. The van der Waals surface area contributed by atoms with E-state index in [1.807, 2.05) is 26.0 Å². The second-order valence-corrected chi connectivity index (χ2v) is 5.29. The van der Waals surface area contributed by atoms with Gasteiger partial charge in [-0.2, -0.15) is 0 Å². The summed E-state index contributed by atoms with van der Waals surface area (Å²) in [6, 6.07) is 6.61. The Morgan fingerprint density at radius 1 is 1.14 bits per heavy atom. The highest BCUT2D eigenvalue weighted by molar-refractivity contribution is 6.36. The summed E-state index contributed by atoms with van der Waals surface area (Å²) >= 11 is 0. The van der Waals surface area contributed by atoms with Gasteiger partial charge in [-0.3, -0.25) is 14.4 Å². The number of rotatable bonds is 4. The lowest BCUT2D eigenvalue weighted by atomic mass is 10.0. The van der Waals surface area contributed by atoms with E-state index < -0.39 is 17.9 Å². The van der Waals surface area contributed by atoms with Crippen molar-refractivity contribution in [3.05, 3.63) is 35.4 Å². The maximum atomic E-state index is 12.4. The average molecular weight is 288 g/mol. The molecule has 2 amide bonds. The Labute approximate surface area is 124 Å². The van der Waals surface area contributed by atoms with Crippen LogP contribution in [-0.4, -0.2) is 53.1 Å². The fourth-order valence-corrected chi connectivity index (χ4v) is 2.46. The van der Waals surface area contributed by atoms with Gasteiger partial charge in [0.1, 0.15) is 0 Å². The van der Waals surface area contributed by atoms with E-state index in [1.165, 1.54) is 9.80 Å². The molecule has 1 aromatic rings. The third kappa shape index (κ3) is 2.96. The van der Waals surface area contributed by atoms with Crippen LogP contribution in [0, 0.1) is 6.92 Å². The van der Waals surface area contributed by atoms with Crippen LogP contribution in [-0.2, 0) is 9.59 Å². The number of hydrogen-bond acceptors (Lipinski definition) is 3. The van der Waals surface area contributed by atoms with E-state index in [0.717, 1.165) is 5.56 Å². The number of hydrogen-bond donors (Lipinski definition) is 0. The third-order valence-electron chi connectivity index (χ3n) is 3.91. The lowest BCUT2D eigenvalue weighted by molar-refractivity contribution is -0.156. The zero-order chi connectivity index (χ0) is 15.6. The van der Waals surface area contributed by atoms with Gasteiger partial charge in [0.05, 0.1) is 6.04 Å². The fourth-order valence-electron chi connectivity index (χ4n) is 2.46. The summed E-state index contributed by atoms with van der Waals surface area (Å²) in [6.07, 6.45) is 0. The van der Waals surface area contributed by atoms with E-state index in [1.54, 1.807) is 19.1 Å². The Morgan fingerprint density at radius 3 is 2.33 bits per heavy atom. The Kier molecular flexibility index (Phi) is 4.40. The van der Waals surface area contributed by atoms with Crippen LogP contribution in [0.3, 0.4) is 0 Å². The number of piperazine rings is 1. The van der Waals surface area contributed by atoms with Crippen molar-refractivity contribution in [2.24, 2.45) is 0 Å². The summed E-state index contributed by atoms with van der Waals surface area (Å²) in [4.78, 5) is 39.3. The predicted molar refractivity (Wildman–Crippen MR) is 78.9 cm³/mol. The number of aryl methyl sites for hydroxylation is 1. The molecule has 21 heavy (non-hydrogen) atoms. The Bertz CT molecular complexity index is 565. The number of carbonyl (C=O) groups excluding carboxylic acids is 3. The first-order valence-corrected chi connectivity index (χ1v) is 7.16. The van der Waals surface area contributed by atoms with Crippen LogP contribution in [0.1, 0.15) is 29.8 Å². The van der Waals surface area contributed by atoms with Crippen LogP contribution in [0.15, 0.2) is 24.3 Å². The fraction of sp³-hybridized carbons (Fsp3) is 0.438. The van der Waals surface area contributed by atoms with E-state index >= 15 is 0 Å². The van der Waals surface area contributed by atoms with Crippen LogP contribution in [0.2, 0.25) is 0 Å². The quantitative estimate of drug-likeness (QED) is 0.619. The second kappa shape index (κ2) is 6.08. The Hall–Kier alpha value is -2.17. The maximum absolute atomic E-state index is 12.4. The van der Waals surface area contributed by atoms with Gasteiger partial charge in [-0.1, -0.05) is 29.8 Å². The van der Waals surface area contributed by atoms with Gasteiger partial charge in [0, 0.05) is 25.2 Å². The molecule has 0 aliphatic carbocycles. The smallest absolute Gasteiger partial charge is 0.312 e. The molecular formula is C16H20N2O3. The van der Waals surface area contributed by atoms with Crippen LogP contribution >= 0.6 is 0 Å². The Balaban J connectivity index is 2.14. The number of nitrogens with zero attached hydrogens (tertiary/aromatic N) is 2. The molecule has 0 bridgehead atoms. The number of benzene rings is 1. The topological polar surface area (TPSA) is 57.7 Å². The molecule has 1 aromatic carbocycles. The summed E-state index contributed by atoms with van der Waals surface area (Å²) in [7, 11) is 0. The van der Waals surface area contributed by atoms with Gasteiger partial charge in [-0.25, -0.2) is 0 Å². The predicted octanol–water partition coefficient (Wildman–Crippen LogP) is 1.26. The molecule has 1 aliphatic rings. The molecule has 1 unspecified atom stereocenters. The maximum Gasteiger partial charge on any atom is 0.312 e. The molecule has 0 aromatic heterocycles. The van der Waals surface area contributed by atoms with Gasteiger partial charge in [0.25, 0.3) is 0 Å². The lowest BCUT2D eigenvalue weighted by Gasteiger charge is -2.36. The molecule has 5 nitrogen and oxygen atoms in total. The highest BCUT2D eigenvalue weighted by Crippen LogP contribution is 2.14. The van der Waals surface area contributed by atoms with Crippen LogP contribution < -0.4 is 0 Å². The van der Waals surface area contributed by atoms with E-state index in [0.29, 0.717) is 25.2 Å². The van der Waals surface area contributed by atoms with Gasteiger partial charge in [-0.15, -0.1) is 0 Å². The first-order valence-electron chi connectivity index (χ1n) is 7.16. The van der Waals surface area contributed by atoms with Crippen LogP contribution in [0.25, 0.3) is 0 Å². The van der Waals surface area contributed by atoms with Gasteiger partial charge in [0.2, 0.25) is 0 Å². The van der Waals surface area contributed by atoms with Crippen molar-refractivity contribution in [2.45, 2.75) is 26.8 Å². The summed E-state index contributed by atoms with van der Waals surface area (Å²) in [5.74, 6) is -1.25. The standard InChI is InChI=1S/C16H20N2O3/c1-4-17-9-10-18(16(21)15(17)20)12(3)14(19)13-7-5-11(2)6-8-13/h5-8,12H,4,9-10H2,1-3H3. The molecule has 5 heteroatoms. The number of ketones is 1. The zero-order valence-corrected chi connectivity index (χ0v) is 12.6. The Morgan fingerprint density at radius 2 is 1.76 bits per heavy atom. The molecule has 2 rings (SSSR count). The van der Waals surface area contributed by atoms with Crippen LogP contribution in [0.4, 0.5) is 0 Å². The highest BCUT2D eigenvalue weighted by atomic mass is 16.2. The van der Waals surface area contributed by atoms with Crippen molar-refractivity contribution in [2.75, 3.05) is 19.6 Å². The first kappa shape index (κ1) is 15.2. The van der Waals surface area contributed by atoms with Gasteiger partial charge in [0.15, 0.2) is 5.78 Å². The van der Waals surface area contributed by atoms with E-state index in [4.69, 9.17) is 0 Å². The number of carbonyl (C=O) groups is 3.